The quantitative estimate of drug-likeness (QED) is 0.564. The lowest BCUT2D eigenvalue weighted by atomic mass is 9.53. The van der Waals surface area contributed by atoms with Gasteiger partial charge in [0.1, 0.15) is 0 Å². The van der Waals surface area contributed by atoms with E-state index in [-0.39, 0.29) is 11.2 Å². The van der Waals surface area contributed by atoms with Gasteiger partial charge < -0.3 is 15.5 Å². The molecule has 2 aliphatic carbocycles. The zero-order valence-electron chi connectivity index (χ0n) is 14.4. The topological polar surface area (TPSA) is 69.6 Å². The Morgan fingerprint density at radius 2 is 1.93 bits per heavy atom. The minimum atomic E-state index is -5.08. The van der Waals surface area contributed by atoms with E-state index in [2.05, 4.69) is 5.32 Å². The van der Waals surface area contributed by atoms with Crippen molar-refractivity contribution in [3.8, 4) is 5.75 Å². The Morgan fingerprint density at radius 3 is 2.56 bits per heavy atom. The van der Waals surface area contributed by atoms with Crippen LogP contribution in [0.5, 0.6) is 5.75 Å². The maximum absolute atomic E-state index is 10.6. The Kier molecular flexibility index (Phi) is 5.58. The number of phenols is 1. The molecule has 2 fully saturated rings. The predicted octanol–water partition coefficient (Wildman–Crippen LogP) is 4.68. The monoisotopic (exact) mass is 425 g/mol. The lowest BCUT2D eigenvalue weighted by Gasteiger charge is -2.56. The minimum absolute atomic E-state index is 0.0720. The fraction of sp³-hybridized carbons (Fsp3) is 0.611. The van der Waals surface area contributed by atoms with Crippen LogP contribution in [0.25, 0.3) is 0 Å². The van der Waals surface area contributed by atoms with E-state index in [0.717, 1.165) is 19.4 Å². The van der Waals surface area contributed by atoms with Crippen LogP contribution in [-0.4, -0.2) is 34.9 Å². The zero-order valence-corrected chi connectivity index (χ0v) is 15.9. The van der Waals surface area contributed by atoms with Gasteiger partial charge in [0.25, 0.3) is 0 Å². The lowest BCUT2D eigenvalue weighted by molar-refractivity contribution is -0.192. The molecule has 3 atom stereocenters. The van der Waals surface area contributed by atoms with Gasteiger partial charge in [0, 0.05) is 11.5 Å². The predicted molar refractivity (Wildman–Crippen MR) is 95.6 cm³/mol. The second-order valence-electron chi connectivity index (χ2n) is 7.38. The van der Waals surface area contributed by atoms with E-state index >= 15 is 0 Å². The zero-order chi connectivity index (χ0) is 20.0. The Labute approximate surface area is 164 Å². The summed E-state index contributed by atoms with van der Waals surface area (Å²) in [5.41, 5.74) is 2.62. The summed E-state index contributed by atoms with van der Waals surface area (Å²) < 4.78 is 31.7. The molecule has 1 aromatic carbocycles. The Morgan fingerprint density at radius 1 is 1.26 bits per heavy atom. The highest BCUT2D eigenvalue weighted by molar-refractivity contribution is 6.37. The highest BCUT2D eigenvalue weighted by atomic mass is 35.5. The third-order valence-corrected chi connectivity index (χ3v) is 6.67. The van der Waals surface area contributed by atoms with Crippen molar-refractivity contribution in [1.82, 2.24) is 5.32 Å². The summed E-state index contributed by atoms with van der Waals surface area (Å²) in [4.78, 5) is 8.90. The van der Waals surface area contributed by atoms with Crippen LogP contribution in [0.2, 0.25) is 10.0 Å². The number of hydrogen-bond donors (Lipinski definition) is 3. The first kappa shape index (κ1) is 20.6. The average molecular weight is 426 g/mol. The SMILES string of the molecule is O=C(O)C(F)(F)F.Oc1c(Cl)cc2c(c1Cl)[C@]13CCCC[C@@H]1[C@H](C2)NCC3. The molecule has 1 saturated carbocycles. The van der Waals surface area contributed by atoms with Gasteiger partial charge in [-0.05, 0) is 55.3 Å². The number of fused-ring (bicyclic) bond motifs is 1. The maximum atomic E-state index is 10.6. The molecule has 2 bridgehead atoms. The number of benzene rings is 1. The number of nitrogens with one attached hydrogen (secondary N) is 1. The molecule has 0 spiro atoms. The summed E-state index contributed by atoms with van der Waals surface area (Å²) in [5.74, 6) is -2.02. The first-order valence-corrected chi connectivity index (χ1v) is 9.57. The van der Waals surface area contributed by atoms with Crippen molar-refractivity contribution in [3.63, 3.8) is 0 Å². The number of aromatic hydroxyl groups is 1. The van der Waals surface area contributed by atoms with Crippen molar-refractivity contribution < 1.29 is 28.2 Å². The van der Waals surface area contributed by atoms with Crippen molar-refractivity contribution in [2.75, 3.05) is 6.54 Å². The van der Waals surface area contributed by atoms with E-state index in [1.54, 1.807) is 0 Å². The minimum Gasteiger partial charge on any atom is -0.505 e. The smallest absolute Gasteiger partial charge is 0.490 e. The summed E-state index contributed by atoms with van der Waals surface area (Å²) in [6.45, 7) is 1.06. The first-order valence-electron chi connectivity index (χ1n) is 8.81. The van der Waals surface area contributed by atoms with Crippen LogP contribution in [0.1, 0.15) is 43.2 Å². The van der Waals surface area contributed by atoms with Gasteiger partial charge >= 0.3 is 12.1 Å². The van der Waals surface area contributed by atoms with E-state index in [1.165, 1.54) is 36.8 Å². The molecule has 1 heterocycles. The summed E-state index contributed by atoms with van der Waals surface area (Å²) >= 11 is 12.6. The van der Waals surface area contributed by atoms with Gasteiger partial charge in [-0.25, -0.2) is 4.79 Å². The molecule has 0 amide bonds. The van der Waals surface area contributed by atoms with Crippen molar-refractivity contribution >= 4 is 29.2 Å². The van der Waals surface area contributed by atoms with Crippen LogP contribution < -0.4 is 5.32 Å². The number of aliphatic carboxylic acids is 1. The highest BCUT2D eigenvalue weighted by Crippen LogP contribution is 2.57. The van der Waals surface area contributed by atoms with Crippen molar-refractivity contribution in [2.45, 2.75) is 56.2 Å². The Balaban J connectivity index is 0.000000260. The van der Waals surface area contributed by atoms with E-state index < -0.39 is 12.1 Å². The fourth-order valence-electron chi connectivity index (χ4n) is 5.03. The fourth-order valence-corrected chi connectivity index (χ4v) is 5.72. The van der Waals surface area contributed by atoms with Crippen LogP contribution in [-0.2, 0) is 16.6 Å². The number of carboxylic acid groups (broad SMARTS) is 1. The number of rotatable bonds is 0. The summed E-state index contributed by atoms with van der Waals surface area (Å²) in [5, 5.41) is 21.9. The summed E-state index contributed by atoms with van der Waals surface area (Å²) in [6.07, 6.45) is 2.09. The van der Waals surface area contributed by atoms with Crippen molar-refractivity contribution in [2.24, 2.45) is 5.92 Å². The molecule has 1 aromatic rings. The number of phenolic OH excluding ortho intramolecular Hbond substituents is 1. The van der Waals surface area contributed by atoms with Crippen LogP contribution in [0, 0.1) is 5.92 Å². The second-order valence-corrected chi connectivity index (χ2v) is 8.17. The van der Waals surface area contributed by atoms with E-state index in [4.69, 9.17) is 33.1 Å². The molecule has 0 radical (unpaired) electrons. The maximum Gasteiger partial charge on any atom is 0.490 e. The van der Waals surface area contributed by atoms with Gasteiger partial charge in [0.05, 0.1) is 10.0 Å². The molecule has 1 saturated heterocycles. The van der Waals surface area contributed by atoms with Crippen LogP contribution in [0.15, 0.2) is 6.07 Å². The lowest BCUT2D eigenvalue weighted by Crippen LogP contribution is -2.59. The number of carboxylic acids is 1. The molecular weight excluding hydrogens is 406 g/mol. The Hall–Kier alpha value is -1.18. The summed E-state index contributed by atoms with van der Waals surface area (Å²) in [6, 6.07) is 2.48. The van der Waals surface area contributed by atoms with Crippen molar-refractivity contribution in [1.29, 1.82) is 0 Å². The first-order chi connectivity index (χ1) is 12.6. The van der Waals surface area contributed by atoms with Gasteiger partial charge in [-0.3, -0.25) is 0 Å². The molecule has 4 rings (SSSR count). The van der Waals surface area contributed by atoms with Gasteiger partial charge in [-0.15, -0.1) is 0 Å². The van der Waals surface area contributed by atoms with Gasteiger partial charge in [-0.1, -0.05) is 36.0 Å². The molecule has 27 heavy (non-hydrogen) atoms. The van der Waals surface area contributed by atoms with Crippen LogP contribution in [0.3, 0.4) is 0 Å². The number of hydrogen-bond acceptors (Lipinski definition) is 3. The van der Waals surface area contributed by atoms with E-state index in [0.29, 0.717) is 22.0 Å². The molecule has 0 aromatic heterocycles. The summed E-state index contributed by atoms with van der Waals surface area (Å²) in [7, 11) is 0. The van der Waals surface area contributed by atoms with Crippen molar-refractivity contribution in [3.05, 3.63) is 27.2 Å². The Bertz CT molecular complexity index is 752. The molecule has 4 nitrogen and oxygen atoms in total. The van der Waals surface area contributed by atoms with Gasteiger partial charge in [0.15, 0.2) is 5.75 Å². The van der Waals surface area contributed by atoms with E-state index in [9.17, 15) is 18.3 Å². The number of alkyl halides is 3. The van der Waals surface area contributed by atoms with Gasteiger partial charge in [-0.2, -0.15) is 13.2 Å². The third kappa shape index (κ3) is 3.61. The van der Waals surface area contributed by atoms with Crippen LogP contribution in [0.4, 0.5) is 13.2 Å². The molecule has 9 heteroatoms. The third-order valence-electron chi connectivity index (χ3n) is 6.02. The number of carbonyl (C=O) groups is 1. The molecule has 0 unspecified atom stereocenters. The standard InChI is InChI=1S/C16H19Cl2NO.C2HF3O2/c17-11-7-9-8-12-10-3-1-2-4-16(10,5-6-19-12)13(9)14(18)15(11)20;3-2(4,5)1(6)7/h7,10,12,19-20H,1-6,8H2;(H,6,7)/t10-,12+,16+;/m1./s1. The molecule has 3 N–H and O–H groups in total. The highest BCUT2D eigenvalue weighted by Gasteiger charge is 2.52. The molecular formula is C18H20Cl2F3NO3. The normalized spacial score (nSPS) is 29.1. The number of halogens is 5. The van der Waals surface area contributed by atoms with Crippen LogP contribution >= 0.6 is 23.2 Å². The molecule has 3 aliphatic rings. The average Bonchev–Trinajstić information content (AvgIpc) is 2.59. The van der Waals surface area contributed by atoms with E-state index in [1.807, 2.05) is 6.07 Å². The second kappa shape index (κ2) is 7.33. The van der Waals surface area contributed by atoms with Gasteiger partial charge in [0.2, 0.25) is 0 Å². The molecule has 150 valence electrons. The molecule has 1 aliphatic heterocycles. The number of piperidine rings is 1. The largest absolute Gasteiger partial charge is 0.505 e.